The van der Waals surface area contributed by atoms with E-state index in [1.165, 1.54) is 0 Å². The molecule has 0 fully saturated rings. The first-order valence-corrected chi connectivity index (χ1v) is 5.98. The van der Waals surface area contributed by atoms with Crippen LogP contribution in [-0.2, 0) is 4.79 Å². The third-order valence-corrected chi connectivity index (χ3v) is 3.81. The molecule has 0 amide bonds. The number of fused-ring (bicyclic) bond motifs is 3. The minimum atomic E-state index is -1.04. The minimum absolute atomic E-state index is 0.0333. The number of rotatable bonds is 1. The lowest BCUT2D eigenvalue weighted by Gasteiger charge is -2.37. The maximum Gasteiger partial charge on any atom is 0.0698 e. The molecule has 1 aliphatic carbocycles. The van der Waals surface area contributed by atoms with Crippen molar-refractivity contribution in [3.05, 3.63) is 40.9 Å². The molecular formula is C13H11ClNO2-. The SMILES string of the molecule is O=C([O-])[C@@H]1Nc2ccc(Cl)cc2[C@H]2C=CC[C@@H]21. The number of benzene rings is 1. The predicted molar refractivity (Wildman–Crippen MR) is 63.9 cm³/mol. The van der Waals surface area contributed by atoms with Crippen LogP contribution in [0.5, 0.6) is 0 Å². The highest BCUT2D eigenvalue weighted by atomic mass is 35.5. The van der Waals surface area contributed by atoms with E-state index in [0.717, 1.165) is 17.7 Å². The van der Waals surface area contributed by atoms with Crippen molar-refractivity contribution in [2.45, 2.75) is 18.4 Å². The zero-order valence-corrected chi connectivity index (χ0v) is 9.78. The highest BCUT2D eigenvalue weighted by Crippen LogP contribution is 2.45. The quantitative estimate of drug-likeness (QED) is 0.767. The average Bonchev–Trinajstić information content (AvgIpc) is 2.76. The van der Waals surface area contributed by atoms with E-state index in [-0.39, 0.29) is 11.8 Å². The van der Waals surface area contributed by atoms with Crippen LogP contribution in [0.3, 0.4) is 0 Å². The average molecular weight is 249 g/mol. The first-order chi connectivity index (χ1) is 8.16. The topological polar surface area (TPSA) is 52.2 Å². The van der Waals surface area contributed by atoms with Crippen LogP contribution in [0.1, 0.15) is 17.9 Å². The van der Waals surface area contributed by atoms with Crippen molar-refractivity contribution < 1.29 is 9.90 Å². The van der Waals surface area contributed by atoms with E-state index in [9.17, 15) is 9.90 Å². The van der Waals surface area contributed by atoms with Crippen molar-refractivity contribution in [1.82, 2.24) is 0 Å². The molecule has 1 heterocycles. The summed E-state index contributed by atoms with van der Waals surface area (Å²) in [5.74, 6) is -0.872. The van der Waals surface area contributed by atoms with E-state index in [1.54, 1.807) is 6.07 Å². The van der Waals surface area contributed by atoms with Gasteiger partial charge in [0.05, 0.1) is 12.0 Å². The Balaban J connectivity index is 2.09. The number of carboxylic acids is 1. The molecule has 17 heavy (non-hydrogen) atoms. The zero-order valence-electron chi connectivity index (χ0n) is 9.02. The third-order valence-electron chi connectivity index (χ3n) is 3.58. The van der Waals surface area contributed by atoms with Crippen LogP contribution in [-0.4, -0.2) is 12.0 Å². The van der Waals surface area contributed by atoms with Crippen molar-refractivity contribution in [2.75, 3.05) is 5.32 Å². The Hall–Kier alpha value is -1.48. The summed E-state index contributed by atoms with van der Waals surface area (Å²) in [4.78, 5) is 11.1. The van der Waals surface area contributed by atoms with Gasteiger partial charge in [0, 0.05) is 16.6 Å². The second-order valence-corrected chi connectivity index (χ2v) is 4.96. The van der Waals surface area contributed by atoms with Crippen LogP contribution in [0.4, 0.5) is 5.69 Å². The highest BCUT2D eigenvalue weighted by Gasteiger charge is 2.37. The molecule has 88 valence electrons. The number of anilines is 1. The van der Waals surface area contributed by atoms with Crippen molar-refractivity contribution in [3.8, 4) is 0 Å². The van der Waals surface area contributed by atoms with E-state index in [2.05, 4.69) is 11.4 Å². The Bertz CT molecular complexity index is 512. The van der Waals surface area contributed by atoms with E-state index >= 15 is 0 Å². The molecule has 1 aromatic carbocycles. The summed E-state index contributed by atoms with van der Waals surface area (Å²) in [6, 6.07) is 4.88. The fraction of sp³-hybridized carbons (Fsp3) is 0.308. The molecule has 1 aromatic rings. The van der Waals surface area contributed by atoms with Gasteiger partial charge >= 0.3 is 0 Å². The maximum atomic E-state index is 11.1. The summed E-state index contributed by atoms with van der Waals surface area (Å²) < 4.78 is 0. The fourth-order valence-corrected chi connectivity index (χ4v) is 2.98. The first-order valence-electron chi connectivity index (χ1n) is 5.60. The van der Waals surface area contributed by atoms with Gasteiger partial charge in [-0.3, -0.25) is 0 Å². The number of carboxylic acid groups (broad SMARTS) is 1. The van der Waals surface area contributed by atoms with Crippen LogP contribution in [0.25, 0.3) is 0 Å². The molecule has 0 aromatic heterocycles. The van der Waals surface area contributed by atoms with Crippen LogP contribution in [0.2, 0.25) is 5.02 Å². The number of halogens is 1. The van der Waals surface area contributed by atoms with Gasteiger partial charge in [-0.05, 0) is 36.1 Å². The molecule has 0 spiro atoms. The predicted octanol–water partition coefficient (Wildman–Crippen LogP) is 1.54. The Kier molecular flexibility index (Phi) is 2.37. The Morgan fingerprint density at radius 1 is 1.47 bits per heavy atom. The number of carbonyl (C=O) groups excluding carboxylic acids is 1. The Morgan fingerprint density at radius 2 is 2.29 bits per heavy atom. The molecule has 3 atom stereocenters. The van der Waals surface area contributed by atoms with E-state index < -0.39 is 12.0 Å². The molecule has 0 bridgehead atoms. The number of aliphatic carboxylic acids is 1. The largest absolute Gasteiger partial charge is 0.548 e. The van der Waals surface area contributed by atoms with Gasteiger partial charge in [-0.15, -0.1) is 0 Å². The molecule has 4 heteroatoms. The summed E-state index contributed by atoms with van der Waals surface area (Å²) in [6.45, 7) is 0. The standard InChI is InChI=1S/C13H12ClNO2/c14-7-4-5-11-10(6-7)8-2-1-3-9(8)12(15-11)13(16)17/h1-2,4-6,8-9,12,15H,3H2,(H,16,17)/p-1/t8-,9-,12+/m0/s1. The molecule has 3 rings (SSSR count). The first kappa shape index (κ1) is 10.7. The Morgan fingerprint density at radius 3 is 3.06 bits per heavy atom. The number of carbonyl (C=O) groups is 1. The number of hydrogen-bond acceptors (Lipinski definition) is 3. The number of hydrogen-bond donors (Lipinski definition) is 1. The Labute approximate surface area is 104 Å². The molecule has 2 aliphatic rings. The molecule has 0 unspecified atom stereocenters. The lowest BCUT2D eigenvalue weighted by atomic mass is 9.79. The van der Waals surface area contributed by atoms with Crippen molar-refractivity contribution in [3.63, 3.8) is 0 Å². The normalized spacial score (nSPS) is 29.4. The monoisotopic (exact) mass is 248 g/mol. The van der Waals surface area contributed by atoms with Gasteiger partial charge < -0.3 is 15.2 Å². The molecule has 0 saturated carbocycles. The van der Waals surface area contributed by atoms with Crippen molar-refractivity contribution >= 4 is 23.3 Å². The number of nitrogens with one attached hydrogen (secondary N) is 1. The smallest absolute Gasteiger partial charge is 0.0698 e. The van der Waals surface area contributed by atoms with E-state index in [4.69, 9.17) is 11.6 Å². The van der Waals surface area contributed by atoms with Crippen LogP contribution >= 0.6 is 11.6 Å². The third kappa shape index (κ3) is 1.62. The second-order valence-electron chi connectivity index (χ2n) is 4.53. The van der Waals surface area contributed by atoms with Crippen molar-refractivity contribution in [2.24, 2.45) is 5.92 Å². The van der Waals surface area contributed by atoms with Gasteiger partial charge in [-0.2, -0.15) is 0 Å². The maximum absolute atomic E-state index is 11.1. The fourth-order valence-electron chi connectivity index (χ4n) is 2.80. The molecule has 1 N–H and O–H groups in total. The van der Waals surface area contributed by atoms with E-state index in [0.29, 0.717) is 5.02 Å². The lowest BCUT2D eigenvalue weighted by Crippen LogP contribution is -2.48. The van der Waals surface area contributed by atoms with Crippen LogP contribution < -0.4 is 10.4 Å². The summed E-state index contributed by atoms with van der Waals surface area (Å²) >= 11 is 5.99. The van der Waals surface area contributed by atoms with Gasteiger partial charge in [-0.1, -0.05) is 23.8 Å². The second kappa shape index (κ2) is 3.77. The van der Waals surface area contributed by atoms with Gasteiger partial charge in [0.25, 0.3) is 0 Å². The molecule has 0 radical (unpaired) electrons. The van der Waals surface area contributed by atoms with Gasteiger partial charge in [0.2, 0.25) is 0 Å². The molecule has 0 saturated heterocycles. The van der Waals surface area contributed by atoms with E-state index in [1.807, 2.05) is 18.2 Å². The lowest BCUT2D eigenvalue weighted by molar-refractivity contribution is -0.308. The zero-order chi connectivity index (χ0) is 12.0. The van der Waals surface area contributed by atoms with Gasteiger partial charge in [0.15, 0.2) is 0 Å². The summed E-state index contributed by atoms with van der Waals surface area (Å²) in [5.41, 5.74) is 1.92. The highest BCUT2D eigenvalue weighted by molar-refractivity contribution is 6.30. The molecule has 1 aliphatic heterocycles. The summed E-state index contributed by atoms with van der Waals surface area (Å²) in [5, 5.41) is 14.9. The summed E-state index contributed by atoms with van der Waals surface area (Å²) in [6.07, 6.45) is 4.86. The van der Waals surface area contributed by atoms with Crippen LogP contribution in [0, 0.1) is 5.92 Å². The van der Waals surface area contributed by atoms with Crippen LogP contribution in [0.15, 0.2) is 30.4 Å². The number of allylic oxidation sites excluding steroid dienone is 2. The van der Waals surface area contributed by atoms with Gasteiger partial charge in [0.1, 0.15) is 0 Å². The van der Waals surface area contributed by atoms with Crippen molar-refractivity contribution in [1.29, 1.82) is 0 Å². The summed E-state index contributed by atoms with van der Waals surface area (Å²) in [7, 11) is 0. The molecule has 3 nitrogen and oxygen atoms in total. The van der Waals surface area contributed by atoms with Gasteiger partial charge in [-0.25, -0.2) is 0 Å². The minimum Gasteiger partial charge on any atom is -0.548 e. The molecular weight excluding hydrogens is 238 g/mol.